The van der Waals surface area contributed by atoms with Crippen molar-refractivity contribution in [1.82, 2.24) is 15.3 Å². The maximum absolute atomic E-state index is 8.92. The number of hydrogen-bond acceptors (Lipinski definition) is 3. The van der Waals surface area contributed by atoms with E-state index < -0.39 is 0 Å². The molecule has 1 unspecified atom stereocenters. The van der Waals surface area contributed by atoms with Crippen molar-refractivity contribution >= 4 is 0 Å². The first-order valence-corrected chi connectivity index (χ1v) is 6.63. The number of nitriles is 1. The third-order valence-corrected chi connectivity index (χ3v) is 3.53. The molecule has 0 amide bonds. The Bertz CT molecular complexity index is 603. The molecule has 1 aliphatic rings. The Morgan fingerprint density at radius 1 is 1.42 bits per heavy atom. The average molecular weight is 252 g/mol. The summed E-state index contributed by atoms with van der Waals surface area (Å²) >= 11 is 0. The van der Waals surface area contributed by atoms with Gasteiger partial charge in [-0.05, 0) is 31.5 Å². The zero-order valence-corrected chi connectivity index (χ0v) is 10.7. The van der Waals surface area contributed by atoms with Gasteiger partial charge in [-0.3, -0.25) is 0 Å². The quantitative estimate of drug-likeness (QED) is 0.880. The molecule has 1 aliphatic heterocycles. The third-order valence-electron chi connectivity index (χ3n) is 3.53. The van der Waals surface area contributed by atoms with E-state index in [0.717, 1.165) is 30.0 Å². The second-order valence-corrected chi connectivity index (χ2v) is 4.93. The zero-order valence-electron chi connectivity index (χ0n) is 10.7. The van der Waals surface area contributed by atoms with Crippen molar-refractivity contribution in [3.8, 4) is 17.3 Å². The Morgan fingerprint density at radius 3 is 3.16 bits per heavy atom. The van der Waals surface area contributed by atoms with Gasteiger partial charge >= 0.3 is 0 Å². The summed E-state index contributed by atoms with van der Waals surface area (Å²) in [5, 5.41) is 12.4. The van der Waals surface area contributed by atoms with Gasteiger partial charge in [0.25, 0.3) is 0 Å². The van der Waals surface area contributed by atoms with Crippen LogP contribution in [0.25, 0.3) is 11.3 Å². The molecule has 96 valence electrons. The SMILES string of the molecule is N#Cc1cccc(-c2cnc(CC3CCCN3)[nH]2)c1. The van der Waals surface area contributed by atoms with Crippen LogP contribution in [-0.4, -0.2) is 22.6 Å². The Balaban J connectivity index is 1.78. The smallest absolute Gasteiger partial charge is 0.108 e. The highest BCUT2D eigenvalue weighted by molar-refractivity contribution is 5.60. The molecule has 1 atom stereocenters. The molecule has 1 aromatic heterocycles. The van der Waals surface area contributed by atoms with Crippen LogP contribution in [0.5, 0.6) is 0 Å². The van der Waals surface area contributed by atoms with Crippen LogP contribution in [0.15, 0.2) is 30.5 Å². The lowest BCUT2D eigenvalue weighted by Crippen LogP contribution is -2.24. The molecular formula is C15H16N4. The summed E-state index contributed by atoms with van der Waals surface area (Å²) in [6.07, 6.45) is 5.26. The lowest BCUT2D eigenvalue weighted by atomic mass is 10.1. The molecule has 19 heavy (non-hydrogen) atoms. The maximum Gasteiger partial charge on any atom is 0.108 e. The van der Waals surface area contributed by atoms with Crippen LogP contribution in [0.3, 0.4) is 0 Å². The van der Waals surface area contributed by atoms with E-state index in [9.17, 15) is 0 Å². The molecular weight excluding hydrogens is 236 g/mol. The van der Waals surface area contributed by atoms with Gasteiger partial charge in [0, 0.05) is 18.0 Å². The summed E-state index contributed by atoms with van der Waals surface area (Å²) < 4.78 is 0. The van der Waals surface area contributed by atoms with E-state index in [0.29, 0.717) is 11.6 Å². The Kier molecular flexibility index (Phi) is 3.30. The molecule has 0 spiro atoms. The van der Waals surface area contributed by atoms with Gasteiger partial charge in [-0.25, -0.2) is 4.98 Å². The van der Waals surface area contributed by atoms with Crippen molar-refractivity contribution in [1.29, 1.82) is 5.26 Å². The number of rotatable bonds is 3. The summed E-state index contributed by atoms with van der Waals surface area (Å²) in [6.45, 7) is 1.11. The highest BCUT2D eigenvalue weighted by atomic mass is 15.0. The first-order chi connectivity index (χ1) is 9.35. The number of hydrogen-bond donors (Lipinski definition) is 2. The minimum absolute atomic E-state index is 0.546. The van der Waals surface area contributed by atoms with Crippen molar-refractivity contribution < 1.29 is 0 Å². The van der Waals surface area contributed by atoms with E-state index >= 15 is 0 Å². The summed E-state index contributed by atoms with van der Waals surface area (Å²) in [7, 11) is 0. The van der Waals surface area contributed by atoms with Crippen LogP contribution < -0.4 is 5.32 Å². The van der Waals surface area contributed by atoms with Crippen molar-refractivity contribution in [3.05, 3.63) is 41.9 Å². The van der Waals surface area contributed by atoms with E-state index in [2.05, 4.69) is 21.4 Å². The second-order valence-electron chi connectivity index (χ2n) is 4.93. The number of benzene rings is 1. The van der Waals surface area contributed by atoms with Crippen molar-refractivity contribution in [2.45, 2.75) is 25.3 Å². The molecule has 1 saturated heterocycles. The lowest BCUT2D eigenvalue weighted by molar-refractivity contribution is 0.589. The van der Waals surface area contributed by atoms with Gasteiger partial charge in [0.15, 0.2) is 0 Å². The summed E-state index contributed by atoms with van der Waals surface area (Å²) in [5.41, 5.74) is 2.66. The van der Waals surface area contributed by atoms with Gasteiger partial charge in [-0.15, -0.1) is 0 Å². The van der Waals surface area contributed by atoms with E-state index in [1.165, 1.54) is 12.8 Å². The van der Waals surface area contributed by atoms with Gasteiger partial charge in [-0.1, -0.05) is 12.1 Å². The number of nitrogens with one attached hydrogen (secondary N) is 2. The first kappa shape index (κ1) is 11.9. The van der Waals surface area contributed by atoms with Gasteiger partial charge in [-0.2, -0.15) is 5.26 Å². The molecule has 0 saturated carbocycles. The largest absolute Gasteiger partial charge is 0.342 e. The lowest BCUT2D eigenvalue weighted by Gasteiger charge is -2.06. The van der Waals surface area contributed by atoms with Crippen LogP contribution in [0.1, 0.15) is 24.2 Å². The highest BCUT2D eigenvalue weighted by Gasteiger charge is 2.16. The molecule has 0 radical (unpaired) electrons. The highest BCUT2D eigenvalue weighted by Crippen LogP contribution is 2.19. The van der Waals surface area contributed by atoms with Gasteiger partial charge < -0.3 is 10.3 Å². The summed E-state index contributed by atoms with van der Waals surface area (Å²) in [6, 6.07) is 10.3. The molecule has 4 heteroatoms. The molecule has 0 bridgehead atoms. The maximum atomic E-state index is 8.92. The average Bonchev–Trinajstić information content (AvgIpc) is 3.11. The minimum atomic E-state index is 0.546. The van der Waals surface area contributed by atoms with Crippen molar-refractivity contribution in [3.63, 3.8) is 0 Å². The summed E-state index contributed by atoms with van der Waals surface area (Å²) in [4.78, 5) is 7.78. The van der Waals surface area contributed by atoms with Gasteiger partial charge in [0.05, 0.1) is 23.5 Å². The zero-order chi connectivity index (χ0) is 13.1. The molecule has 1 fully saturated rings. The van der Waals surface area contributed by atoms with Crippen LogP contribution in [0.2, 0.25) is 0 Å². The fraction of sp³-hybridized carbons (Fsp3) is 0.333. The molecule has 2 N–H and O–H groups in total. The van der Waals surface area contributed by atoms with Crippen molar-refractivity contribution in [2.24, 2.45) is 0 Å². The van der Waals surface area contributed by atoms with E-state index in [-0.39, 0.29) is 0 Å². The van der Waals surface area contributed by atoms with Crippen LogP contribution in [-0.2, 0) is 6.42 Å². The minimum Gasteiger partial charge on any atom is -0.342 e. The van der Waals surface area contributed by atoms with Crippen LogP contribution in [0.4, 0.5) is 0 Å². The van der Waals surface area contributed by atoms with Gasteiger partial charge in [0.1, 0.15) is 5.82 Å². The van der Waals surface area contributed by atoms with Crippen molar-refractivity contribution in [2.75, 3.05) is 6.54 Å². The number of aromatic amines is 1. The number of H-pyrrole nitrogens is 1. The molecule has 0 aliphatic carbocycles. The van der Waals surface area contributed by atoms with E-state index in [1.807, 2.05) is 30.5 Å². The summed E-state index contributed by atoms with van der Waals surface area (Å²) in [5.74, 6) is 1.01. The second kappa shape index (κ2) is 5.25. The van der Waals surface area contributed by atoms with E-state index in [4.69, 9.17) is 5.26 Å². The van der Waals surface area contributed by atoms with Gasteiger partial charge in [0.2, 0.25) is 0 Å². The molecule has 2 aromatic rings. The topological polar surface area (TPSA) is 64.5 Å². The normalized spacial score (nSPS) is 18.4. The van der Waals surface area contributed by atoms with Crippen LogP contribution >= 0.6 is 0 Å². The molecule has 1 aromatic carbocycles. The standard InChI is InChI=1S/C15H16N4/c16-9-11-3-1-4-12(7-11)14-10-18-15(19-14)8-13-5-2-6-17-13/h1,3-4,7,10,13,17H,2,5-6,8H2,(H,18,19). The molecule has 2 heterocycles. The fourth-order valence-corrected chi connectivity index (χ4v) is 2.53. The Hall–Kier alpha value is -2.12. The molecule has 4 nitrogen and oxygen atoms in total. The molecule has 3 rings (SSSR count). The Labute approximate surface area is 112 Å². The number of aromatic nitrogens is 2. The Morgan fingerprint density at radius 2 is 2.37 bits per heavy atom. The third kappa shape index (κ3) is 2.67. The predicted molar refractivity (Wildman–Crippen MR) is 73.5 cm³/mol. The van der Waals surface area contributed by atoms with E-state index in [1.54, 1.807) is 0 Å². The number of imidazole rings is 1. The number of nitrogens with zero attached hydrogens (tertiary/aromatic N) is 2. The fourth-order valence-electron chi connectivity index (χ4n) is 2.53. The monoisotopic (exact) mass is 252 g/mol. The van der Waals surface area contributed by atoms with Crippen LogP contribution in [0, 0.1) is 11.3 Å². The first-order valence-electron chi connectivity index (χ1n) is 6.63. The predicted octanol–water partition coefficient (Wildman–Crippen LogP) is 2.24.